The molecule has 0 saturated heterocycles. The van der Waals surface area contributed by atoms with Crippen molar-refractivity contribution in [3.05, 3.63) is 117 Å². The third kappa shape index (κ3) is 8.15. The fourth-order valence-corrected chi connectivity index (χ4v) is 12.0. The lowest BCUT2D eigenvalue weighted by atomic mass is 9.78. The van der Waals surface area contributed by atoms with Gasteiger partial charge in [0.15, 0.2) is 0 Å². The molecule has 3 aromatic heterocycles. The summed E-state index contributed by atoms with van der Waals surface area (Å²) in [6.07, 6.45) is 0. The van der Waals surface area contributed by atoms with E-state index in [1.165, 1.54) is 132 Å². The summed E-state index contributed by atoms with van der Waals surface area (Å²) in [5.74, 6) is 0. The SMILES string of the molecule is CCn1c2cc(-c3cc(C(C)(C)C)cc4c5cc(C(C)(C)C)cc(-c6cc(C(C)(C)C)cc7c8cc(C(C)(C)C)cc(C)c8n(CC)c67)c5n(CC)c34)c(C(C)(C)C)cc2c2cc(C(C)(C)C)cc(C)c21. The van der Waals surface area contributed by atoms with Crippen LogP contribution in [0.2, 0.25) is 0 Å². The van der Waals surface area contributed by atoms with Gasteiger partial charge in [-0.1, -0.05) is 137 Å². The first kappa shape index (κ1) is 50.7. The summed E-state index contributed by atoms with van der Waals surface area (Å²) in [6, 6.07) is 30.5. The molecule has 0 fully saturated rings. The van der Waals surface area contributed by atoms with Gasteiger partial charge >= 0.3 is 0 Å². The summed E-state index contributed by atoms with van der Waals surface area (Å²) in [6.45, 7) is 57.2. The molecule has 0 unspecified atom stereocenters. The van der Waals surface area contributed by atoms with Crippen molar-refractivity contribution < 1.29 is 0 Å². The smallest absolute Gasteiger partial charge is 0.0572 e. The molecule has 3 heteroatoms. The molecular weight excluding hydrogens is 859 g/mol. The van der Waals surface area contributed by atoms with Gasteiger partial charge in [-0.2, -0.15) is 0 Å². The summed E-state index contributed by atoms with van der Waals surface area (Å²) in [4.78, 5) is 0. The van der Waals surface area contributed by atoms with Crippen LogP contribution in [0, 0.1) is 13.8 Å². The van der Waals surface area contributed by atoms with Crippen molar-refractivity contribution in [3.63, 3.8) is 0 Å². The van der Waals surface area contributed by atoms with Crippen molar-refractivity contribution >= 4 is 65.4 Å². The topological polar surface area (TPSA) is 14.8 Å². The number of aromatic nitrogens is 3. The Hall–Kier alpha value is -5.28. The quantitative estimate of drug-likeness (QED) is 0.163. The lowest BCUT2D eigenvalue weighted by Gasteiger charge is -2.26. The van der Waals surface area contributed by atoms with Crippen LogP contribution >= 0.6 is 0 Å². The fraction of sp³-hybridized carbons (Fsp3) is 0.471. The van der Waals surface area contributed by atoms with Gasteiger partial charge in [-0.05, 0) is 178 Å². The predicted molar refractivity (Wildman–Crippen MR) is 315 cm³/mol. The zero-order chi connectivity index (χ0) is 52.2. The molecule has 0 aliphatic carbocycles. The molecule has 3 heterocycles. The second kappa shape index (κ2) is 16.4. The largest absolute Gasteiger partial charge is 0.341 e. The van der Waals surface area contributed by atoms with Crippen LogP contribution in [0.1, 0.15) is 190 Å². The summed E-state index contributed by atoms with van der Waals surface area (Å²) < 4.78 is 7.97. The first-order chi connectivity index (χ1) is 32.7. The van der Waals surface area contributed by atoms with E-state index >= 15 is 0 Å². The molecule has 0 aliphatic rings. The predicted octanol–water partition coefficient (Wildman–Crippen LogP) is 19.8. The lowest BCUT2D eigenvalue weighted by molar-refractivity contribution is 0.589. The molecule has 0 amide bonds. The fourth-order valence-electron chi connectivity index (χ4n) is 12.0. The maximum absolute atomic E-state index is 2.72. The van der Waals surface area contributed by atoms with Crippen LogP contribution in [0.4, 0.5) is 0 Å². The van der Waals surface area contributed by atoms with Gasteiger partial charge in [-0.3, -0.25) is 0 Å². The van der Waals surface area contributed by atoms with Crippen molar-refractivity contribution in [2.45, 2.75) is 211 Å². The van der Waals surface area contributed by atoms with E-state index in [0.717, 1.165) is 19.6 Å². The Bertz CT molecular complexity index is 3640. The van der Waals surface area contributed by atoms with Gasteiger partial charge in [0.1, 0.15) is 0 Å². The Morgan fingerprint density at radius 3 is 0.887 bits per heavy atom. The van der Waals surface area contributed by atoms with E-state index in [1.807, 2.05) is 0 Å². The number of fused-ring (bicyclic) bond motifs is 9. The van der Waals surface area contributed by atoms with Crippen molar-refractivity contribution in [3.8, 4) is 22.3 Å². The number of nitrogens with zero attached hydrogens (tertiary/aromatic N) is 3. The van der Waals surface area contributed by atoms with Crippen LogP contribution in [0.5, 0.6) is 0 Å². The van der Waals surface area contributed by atoms with Crippen LogP contribution in [0.15, 0.2) is 72.8 Å². The molecule has 0 bridgehead atoms. The molecular formula is C68H87N3. The minimum atomic E-state index is -0.129. The maximum atomic E-state index is 2.72. The zero-order valence-corrected chi connectivity index (χ0v) is 48.4. The van der Waals surface area contributed by atoms with Crippen LogP contribution < -0.4 is 0 Å². The van der Waals surface area contributed by atoms with Crippen molar-refractivity contribution in [1.82, 2.24) is 13.7 Å². The van der Waals surface area contributed by atoms with Crippen LogP contribution in [-0.2, 0) is 52.1 Å². The van der Waals surface area contributed by atoms with E-state index < -0.39 is 0 Å². The molecule has 374 valence electrons. The van der Waals surface area contributed by atoms with Gasteiger partial charge in [0.2, 0.25) is 0 Å². The highest BCUT2D eigenvalue weighted by molar-refractivity contribution is 6.21. The second-order valence-corrected chi connectivity index (χ2v) is 27.8. The molecule has 0 aliphatic heterocycles. The van der Waals surface area contributed by atoms with Crippen LogP contribution in [0.3, 0.4) is 0 Å². The summed E-state index contributed by atoms with van der Waals surface area (Å²) >= 11 is 0. The molecule has 0 N–H and O–H groups in total. The van der Waals surface area contributed by atoms with Crippen LogP contribution in [0.25, 0.3) is 87.7 Å². The van der Waals surface area contributed by atoms with E-state index in [1.54, 1.807) is 0 Å². The number of benzene rings is 6. The van der Waals surface area contributed by atoms with Crippen LogP contribution in [-0.4, -0.2) is 13.7 Å². The van der Waals surface area contributed by atoms with Gasteiger partial charge in [0, 0.05) is 74.2 Å². The Labute approximate surface area is 428 Å². The van der Waals surface area contributed by atoms with E-state index in [4.69, 9.17) is 0 Å². The minimum absolute atomic E-state index is 0.0299. The number of hydrogen-bond acceptors (Lipinski definition) is 0. The number of hydrogen-bond donors (Lipinski definition) is 0. The number of aryl methyl sites for hydroxylation is 5. The van der Waals surface area contributed by atoms with Crippen molar-refractivity contribution in [2.75, 3.05) is 0 Å². The Kier molecular flexibility index (Phi) is 11.7. The highest BCUT2D eigenvalue weighted by atomic mass is 15.0. The molecule has 9 aromatic rings. The van der Waals surface area contributed by atoms with Gasteiger partial charge in [0.05, 0.1) is 27.6 Å². The van der Waals surface area contributed by atoms with E-state index in [0.29, 0.717) is 0 Å². The average molecular weight is 946 g/mol. The van der Waals surface area contributed by atoms with Gasteiger partial charge in [0.25, 0.3) is 0 Å². The molecule has 3 nitrogen and oxygen atoms in total. The Morgan fingerprint density at radius 2 is 0.563 bits per heavy atom. The van der Waals surface area contributed by atoms with Gasteiger partial charge < -0.3 is 13.7 Å². The molecule has 71 heavy (non-hydrogen) atoms. The first-order valence-corrected chi connectivity index (χ1v) is 27.1. The summed E-state index contributed by atoms with van der Waals surface area (Å²) in [5.41, 5.74) is 24.1. The monoisotopic (exact) mass is 946 g/mol. The maximum Gasteiger partial charge on any atom is 0.0572 e. The average Bonchev–Trinajstić information content (AvgIpc) is 3.88. The molecule has 6 aromatic carbocycles. The van der Waals surface area contributed by atoms with E-state index in [9.17, 15) is 0 Å². The standard InChI is InChI=1S/C68H87N3/c1-24-69-57-38-46(56(68(21,22)23)37-47(57)49-29-41(63(6,7)8)27-39(4)58(49)69)48-31-43(65(12,13)14)33-52-54-35-45(67(18,19)20)36-55(62(54)71(26-3)60(48)52)53-34-44(66(15,16)17)32-51-50-30-42(64(9,10)11)28-40(5)59(50)70(25-2)61(51)53/h27-38H,24-26H2,1-23H3. The highest BCUT2D eigenvalue weighted by Gasteiger charge is 2.32. The van der Waals surface area contributed by atoms with Gasteiger partial charge in [-0.25, -0.2) is 0 Å². The molecule has 9 rings (SSSR count). The number of rotatable bonds is 5. The molecule has 0 radical (unpaired) electrons. The Morgan fingerprint density at radius 1 is 0.282 bits per heavy atom. The molecule has 0 spiro atoms. The summed E-state index contributed by atoms with van der Waals surface area (Å²) in [5, 5.41) is 8.17. The summed E-state index contributed by atoms with van der Waals surface area (Å²) in [7, 11) is 0. The molecule has 0 saturated carbocycles. The normalized spacial score (nSPS) is 13.7. The third-order valence-corrected chi connectivity index (χ3v) is 16.2. The van der Waals surface area contributed by atoms with E-state index in [2.05, 4.69) is 246 Å². The highest BCUT2D eigenvalue weighted by Crippen LogP contribution is 2.50. The van der Waals surface area contributed by atoms with E-state index in [-0.39, 0.29) is 32.5 Å². The second-order valence-electron chi connectivity index (χ2n) is 27.8. The minimum Gasteiger partial charge on any atom is -0.341 e. The van der Waals surface area contributed by atoms with Crippen molar-refractivity contribution in [2.24, 2.45) is 0 Å². The molecule has 0 atom stereocenters. The van der Waals surface area contributed by atoms with Gasteiger partial charge in [-0.15, -0.1) is 0 Å². The Balaban J connectivity index is 1.52. The third-order valence-electron chi connectivity index (χ3n) is 16.2. The van der Waals surface area contributed by atoms with Crippen molar-refractivity contribution in [1.29, 1.82) is 0 Å². The first-order valence-electron chi connectivity index (χ1n) is 27.1. The zero-order valence-electron chi connectivity index (χ0n) is 48.4. The lowest BCUT2D eigenvalue weighted by Crippen LogP contribution is -2.14.